The van der Waals surface area contributed by atoms with Crippen LogP contribution in [0.4, 0.5) is 0 Å². The Hall–Kier alpha value is -1.43. The van der Waals surface area contributed by atoms with Gasteiger partial charge in [0.15, 0.2) is 0 Å². The minimum Gasteiger partial charge on any atom is -0.460 e. The van der Waals surface area contributed by atoms with Gasteiger partial charge in [-0.05, 0) is 27.7 Å². The first-order valence-corrected chi connectivity index (χ1v) is 5.74. The molecule has 0 saturated heterocycles. The lowest BCUT2D eigenvalue weighted by atomic mass is 10.4. The SMILES string of the molecule is CCOC(=O)c1nnc(C)n1CCOC(C)C. The highest BCUT2D eigenvalue weighted by molar-refractivity contribution is 5.85. The largest absolute Gasteiger partial charge is 0.460 e. The molecular weight excluding hydrogens is 222 g/mol. The van der Waals surface area contributed by atoms with Gasteiger partial charge < -0.3 is 14.0 Å². The van der Waals surface area contributed by atoms with Crippen molar-refractivity contribution >= 4 is 5.97 Å². The average molecular weight is 241 g/mol. The minimum atomic E-state index is -0.447. The monoisotopic (exact) mass is 241 g/mol. The van der Waals surface area contributed by atoms with E-state index in [4.69, 9.17) is 9.47 Å². The third kappa shape index (κ3) is 3.81. The molecule has 0 unspecified atom stereocenters. The number of carbonyl (C=O) groups excluding carboxylic acids is 1. The van der Waals surface area contributed by atoms with E-state index >= 15 is 0 Å². The lowest BCUT2D eigenvalue weighted by Crippen LogP contribution is -2.18. The van der Waals surface area contributed by atoms with Crippen LogP contribution in [-0.2, 0) is 16.0 Å². The molecule has 17 heavy (non-hydrogen) atoms. The number of hydrogen-bond acceptors (Lipinski definition) is 5. The van der Waals surface area contributed by atoms with Gasteiger partial charge in [0.05, 0.1) is 19.3 Å². The molecule has 1 aromatic heterocycles. The van der Waals surface area contributed by atoms with Crippen LogP contribution in [0.15, 0.2) is 0 Å². The summed E-state index contributed by atoms with van der Waals surface area (Å²) in [5.41, 5.74) is 0. The molecule has 6 nitrogen and oxygen atoms in total. The Balaban J connectivity index is 2.69. The Kier molecular flexibility index (Phi) is 5.09. The van der Waals surface area contributed by atoms with E-state index in [1.54, 1.807) is 18.4 Å². The first-order chi connectivity index (χ1) is 8.06. The zero-order chi connectivity index (χ0) is 12.8. The van der Waals surface area contributed by atoms with Crippen LogP contribution in [0.25, 0.3) is 0 Å². The zero-order valence-electron chi connectivity index (χ0n) is 10.8. The summed E-state index contributed by atoms with van der Waals surface area (Å²) in [5, 5.41) is 7.69. The molecule has 1 rings (SSSR count). The van der Waals surface area contributed by atoms with Gasteiger partial charge in [0, 0.05) is 6.54 Å². The van der Waals surface area contributed by atoms with Gasteiger partial charge in [-0.1, -0.05) is 0 Å². The molecule has 6 heteroatoms. The van der Waals surface area contributed by atoms with Crippen LogP contribution in [0.1, 0.15) is 37.2 Å². The van der Waals surface area contributed by atoms with Crippen LogP contribution in [0.3, 0.4) is 0 Å². The summed E-state index contributed by atoms with van der Waals surface area (Å²) in [4.78, 5) is 11.6. The van der Waals surface area contributed by atoms with Crippen LogP contribution in [-0.4, -0.2) is 40.1 Å². The maximum absolute atomic E-state index is 11.6. The molecule has 96 valence electrons. The average Bonchev–Trinajstić information content (AvgIpc) is 2.60. The molecule has 0 saturated carbocycles. The first-order valence-electron chi connectivity index (χ1n) is 5.74. The molecule has 0 fully saturated rings. The third-order valence-corrected chi connectivity index (χ3v) is 2.16. The van der Waals surface area contributed by atoms with Crippen LogP contribution >= 0.6 is 0 Å². The predicted octanol–water partition coefficient (Wildman–Crippen LogP) is 1.19. The van der Waals surface area contributed by atoms with Crippen molar-refractivity contribution in [3.8, 4) is 0 Å². The van der Waals surface area contributed by atoms with E-state index in [-0.39, 0.29) is 11.9 Å². The summed E-state index contributed by atoms with van der Waals surface area (Å²) < 4.78 is 12.1. The second-order valence-corrected chi connectivity index (χ2v) is 3.86. The number of hydrogen-bond donors (Lipinski definition) is 0. The van der Waals surface area contributed by atoms with E-state index in [1.807, 2.05) is 13.8 Å². The molecule has 0 aliphatic carbocycles. The molecule has 0 amide bonds. The first kappa shape index (κ1) is 13.6. The summed E-state index contributed by atoms with van der Waals surface area (Å²) in [6.07, 6.45) is 0.165. The predicted molar refractivity (Wildman–Crippen MR) is 61.8 cm³/mol. The van der Waals surface area contributed by atoms with E-state index in [9.17, 15) is 4.79 Å². The number of aryl methyl sites for hydroxylation is 1. The van der Waals surface area contributed by atoms with Gasteiger partial charge in [0.2, 0.25) is 5.82 Å². The highest BCUT2D eigenvalue weighted by Gasteiger charge is 2.17. The molecule has 1 aromatic rings. The number of nitrogens with zero attached hydrogens (tertiary/aromatic N) is 3. The summed E-state index contributed by atoms with van der Waals surface area (Å²) in [7, 11) is 0. The third-order valence-electron chi connectivity index (χ3n) is 2.16. The Morgan fingerprint density at radius 3 is 2.71 bits per heavy atom. The van der Waals surface area contributed by atoms with E-state index in [1.165, 1.54) is 0 Å². The maximum atomic E-state index is 11.6. The van der Waals surface area contributed by atoms with Crippen LogP contribution < -0.4 is 0 Å². The second-order valence-electron chi connectivity index (χ2n) is 3.86. The van der Waals surface area contributed by atoms with Crippen molar-refractivity contribution < 1.29 is 14.3 Å². The highest BCUT2D eigenvalue weighted by Crippen LogP contribution is 2.04. The molecule has 0 spiro atoms. The van der Waals surface area contributed by atoms with Gasteiger partial charge in [-0.15, -0.1) is 10.2 Å². The van der Waals surface area contributed by atoms with Crippen molar-refractivity contribution in [3.05, 3.63) is 11.6 Å². The Morgan fingerprint density at radius 1 is 1.41 bits per heavy atom. The topological polar surface area (TPSA) is 66.2 Å². The van der Waals surface area contributed by atoms with E-state index in [2.05, 4.69) is 10.2 Å². The highest BCUT2D eigenvalue weighted by atomic mass is 16.5. The quantitative estimate of drug-likeness (QED) is 0.700. The summed E-state index contributed by atoms with van der Waals surface area (Å²) in [6.45, 7) is 8.87. The standard InChI is InChI=1S/C11H19N3O3/c1-5-16-11(15)10-13-12-9(4)14(10)6-7-17-8(2)3/h8H,5-7H2,1-4H3. The fourth-order valence-corrected chi connectivity index (χ4v) is 1.38. The number of aromatic nitrogens is 3. The van der Waals surface area contributed by atoms with Crippen molar-refractivity contribution in [1.82, 2.24) is 14.8 Å². The maximum Gasteiger partial charge on any atom is 0.376 e. The van der Waals surface area contributed by atoms with Gasteiger partial charge in [-0.2, -0.15) is 0 Å². The normalized spacial score (nSPS) is 10.9. The Bertz CT molecular complexity index is 374. The van der Waals surface area contributed by atoms with Gasteiger partial charge >= 0.3 is 5.97 Å². The lowest BCUT2D eigenvalue weighted by molar-refractivity contribution is 0.0492. The van der Waals surface area contributed by atoms with Crippen LogP contribution in [0.2, 0.25) is 0 Å². The van der Waals surface area contributed by atoms with E-state index in [0.717, 1.165) is 0 Å². The number of esters is 1. The van der Waals surface area contributed by atoms with Crippen molar-refractivity contribution in [2.24, 2.45) is 0 Å². The van der Waals surface area contributed by atoms with E-state index in [0.29, 0.717) is 25.6 Å². The van der Waals surface area contributed by atoms with Crippen molar-refractivity contribution in [1.29, 1.82) is 0 Å². The molecule has 0 atom stereocenters. The fourth-order valence-electron chi connectivity index (χ4n) is 1.38. The zero-order valence-corrected chi connectivity index (χ0v) is 10.8. The molecular formula is C11H19N3O3. The van der Waals surface area contributed by atoms with Gasteiger partial charge in [-0.3, -0.25) is 0 Å². The Labute approximate surface area is 101 Å². The summed E-state index contributed by atoms with van der Waals surface area (Å²) in [6, 6.07) is 0. The molecule has 0 aliphatic heterocycles. The number of carbonyl (C=O) groups is 1. The summed E-state index contributed by atoms with van der Waals surface area (Å²) in [5.74, 6) is 0.467. The smallest absolute Gasteiger partial charge is 0.376 e. The molecule has 0 bridgehead atoms. The minimum absolute atomic E-state index is 0.165. The van der Waals surface area contributed by atoms with Gasteiger partial charge in [-0.25, -0.2) is 4.79 Å². The van der Waals surface area contributed by atoms with Crippen LogP contribution in [0.5, 0.6) is 0 Å². The Morgan fingerprint density at radius 2 is 2.12 bits per heavy atom. The summed E-state index contributed by atoms with van der Waals surface area (Å²) >= 11 is 0. The fraction of sp³-hybridized carbons (Fsp3) is 0.727. The second kappa shape index (κ2) is 6.34. The van der Waals surface area contributed by atoms with Crippen molar-refractivity contribution in [2.75, 3.05) is 13.2 Å². The lowest BCUT2D eigenvalue weighted by Gasteiger charge is -2.10. The molecule has 0 aromatic carbocycles. The molecule has 1 heterocycles. The number of ether oxygens (including phenoxy) is 2. The van der Waals surface area contributed by atoms with Crippen molar-refractivity contribution in [2.45, 2.75) is 40.3 Å². The number of rotatable bonds is 6. The van der Waals surface area contributed by atoms with Crippen LogP contribution in [0, 0.1) is 6.92 Å². The van der Waals surface area contributed by atoms with Gasteiger partial charge in [0.25, 0.3) is 0 Å². The van der Waals surface area contributed by atoms with Gasteiger partial charge in [0.1, 0.15) is 5.82 Å². The van der Waals surface area contributed by atoms with Crippen molar-refractivity contribution in [3.63, 3.8) is 0 Å². The molecule has 0 radical (unpaired) electrons. The molecule has 0 N–H and O–H groups in total. The van der Waals surface area contributed by atoms with E-state index < -0.39 is 5.97 Å². The molecule has 0 aliphatic rings.